The van der Waals surface area contributed by atoms with Crippen LogP contribution in [0.4, 0.5) is 5.69 Å². The first-order valence-corrected chi connectivity index (χ1v) is 6.99. The molecular weight excluding hydrogens is 311 g/mol. The van der Waals surface area contributed by atoms with E-state index >= 15 is 0 Å². The maximum absolute atomic E-state index is 12.2. The molecule has 0 spiro atoms. The van der Waals surface area contributed by atoms with E-state index in [-0.39, 0.29) is 33.8 Å². The van der Waals surface area contributed by atoms with Crippen molar-refractivity contribution < 1.29 is 9.90 Å². The Morgan fingerprint density at radius 1 is 1.19 bits per heavy atom. The van der Waals surface area contributed by atoms with Crippen molar-refractivity contribution in [3.8, 4) is 0 Å². The Morgan fingerprint density at radius 3 is 2.29 bits per heavy atom. The number of amides is 1. The number of halogens is 2. The molecule has 0 radical (unpaired) electrons. The molecule has 6 heteroatoms. The van der Waals surface area contributed by atoms with Gasteiger partial charge in [-0.25, -0.2) is 0 Å². The van der Waals surface area contributed by atoms with E-state index in [1.165, 1.54) is 12.1 Å². The minimum Gasteiger partial charge on any atom is -0.396 e. The minimum absolute atomic E-state index is 0.216. The second-order valence-corrected chi connectivity index (χ2v) is 5.29. The van der Waals surface area contributed by atoms with Gasteiger partial charge in [-0.2, -0.15) is 0 Å². The number of anilines is 1. The number of carbonyl (C=O) groups is 1. The SMILES string of the molecule is Nc1c(Cl)cc(C(=O)N[C@H](CO)c2ccccc2)cc1Cl. The van der Waals surface area contributed by atoms with Gasteiger partial charge in [0.2, 0.25) is 0 Å². The maximum atomic E-state index is 12.2. The Balaban J connectivity index is 2.21. The molecule has 2 aromatic rings. The molecule has 0 heterocycles. The van der Waals surface area contributed by atoms with Gasteiger partial charge < -0.3 is 16.2 Å². The van der Waals surface area contributed by atoms with Crippen molar-refractivity contribution in [1.82, 2.24) is 5.32 Å². The minimum atomic E-state index is -0.506. The normalized spacial score (nSPS) is 12.0. The van der Waals surface area contributed by atoms with Crippen molar-refractivity contribution in [3.05, 3.63) is 63.6 Å². The predicted molar refractivity (Wildman–Crippen MR) is 84.6 cm³/mol. The zero-order valence-corrected chi connectivity index (χ0v) is 12.5. The summed E-state index contributed by atoms with van der Waals surface area (Å²) in [5, 5.41) is 12.6. The van der Waals surface area contributed by atoms with Gasteiger partial charge in [0.25, 0.3) is 5.91 Å². The molecule has 0 bridgehead atoms. The molecule has 2 aromatic carbocycles. The summed E-state index contributed by atoms with van der Waals surface area (Å²) >= 11 is 11.8. The highest BCUT2D eigenvalue weighted by Gasteiger charge is 2.16. The molecule has 21 heavy (non-hydrogen) atoms. The van der Waals surface area contributed by atoms with Crippen LogP contribution in [0.5, 0.6) is 0 Å². The van der Waals surface area contributed by atoms with Gasteiger partial charge >= 0.3 is 0 Å². The van der Waals surface area contributed by atoms with Gasteiger partial charge in [-0.1, -0.05) is 53.5 Å². The highest BCUT2D eigenvalue weighted by atomic mass is 35.5. The number of hydrogen-bond acceptors (Lipinski definition) is 3. The molecule has 0 saturated carbocycles. The fourth-order valence-electron chi connectivity index (χ4n) is 1.88. The third-order valence-corrected chi connectivity index (χ3v) is 3.66. The van der Waals surface area contributed by atoms with Crippen molar-refractivity contribution in [3.63, 3.8) is 0 Å². The van der Waals surface area contributed by atoms with E-state index in [4.69, 9.17) is 28.9 Å². The van der Waals surface area contributed by atoms with Crippen LogP contribution in [0.15, 0.2) is 42.5 Å². The van der Waals surface area contributed by atoms with Crippen LogP contribution in [-0.4, -0.2) is 17.6 Å². The number of aliphatic hydroxyl groups excluding tert-OH is 1. The summed E-state index contributed by atoms with van der Waals surface area (Å²) in [6.45, 7) is -0.216. The Morgan fingerprint density at radius 2 is 1.76 bits per heavy atom. The summed E-state index contributed by atoms with van der Waals surface area (Å²) in [5.41, 5.74) is 6.96. The van der Waals surface area contributed by atoms with Crippen molar-refractivity contribution in [2.24, 2.45) is 0 Å². The van der Waals surface area contributed by atoms with Gasteiger partial charge in [-0.05, 0) is 17.7 Å². The van der Waals surface area contributed by atoms with E-state index in [1.54, 1.807) is 0 Å². The van der Waals surface area contributed by atoms with E-state index in [0.717, 1.165) is 5.56 Å². The summed E-state index contributed by atoms with van der Waals surface area (Å²) in [4.78, 5) is 12.2. The van der Waals surface area contributed by atoms with Crippen molar-refractivity contribution in [2.45, 2.75) is 6.04 Å². The van der Waals surface area contributed by atoms with E-state index in [2.05, 4.69) is 5.32 Å². The molecule has 0 aromatic heterocycles. The van der Waals surface area contributed by atoms with Gasteiger partial charge in [0.15, 0.2) is 0 Å². The number of aliphatic hydroxyl groups is 1. The Kier molecular flexibility index (Phi) is 5.07. The summed E-state index contributed by atoms with van der Waals surface area (Å²) in [7, 11) is 0. The number of rotatable bonds is 4. The van der Waals surface area contributed by atoms with Gasteiger partial charge in [0.05, 0.1) is 28.4 Å². The third-order valence-electron chi connectivity index (χ3n) is 3.03. The van der Waals surface area contributed by atoms with Crippen molar-refractivity contribution in [1.29, 1.82) is 0 Å². The van der Waals surface area contributed by atoms with E-state index in [1.807, 2.05) is 30.3 Å². The van der Waals surface area contributed by atoms with E-state index in [0.29, 0.717) is 0 Å². The average Bonchev–Trinajstić information content (AvgIpc) is 2.50. The van der Waals surface area contributed by atoms with Crippen LogP contribution in [0.1, 0.15) is 22.0 Å². The average molecular weight is 325 g/mol. The lowest BCUT2D eigenvalue weighted by Gasteiger charge is -2.17. The number of hydrogen-bond donors (Lipinski definition) is 3. The molecule has 0 aliphatic carbocycles. The van der Waals surface area contributed by atoms with Crippen molar-refractivity contribution >= 4 is 34.8 Å². The fourth-order valence-corrected chi connectivity index (χ4v) is 2.36. The number of nitrogens with one attached hydrogen (secondary N) is 1. The molecule has 0 aliphatic rings. The topological polar surface area (TPSA) is 75.4 Å². The molecule has 1 amide bonds. The standard InChI is InChI=1S/C15H14Cl2N2O2/c16-11-6-10(7-12(17)14(11)18)15(21)19-13(8-20)9-4-2-1-3-5-9/h1-7,13,20H,8,18H2,(H,19,21)/t13-/m1/s1. The Bertz CT molecular complexity index is 624. The smallest absolute Gasteiger partial charge is 0.251 e. The fraction of sp³-hybridized carbons (Fsp3) is 0.133. The lowest BCUT2D eigenvalue weighted by atomic mass is 10.1. The van der Waals surface area contributed by atoms with Gasteiger partial charge in [0.1, 0.15) is 0 Å². The van der Waals surface area contributed by atoms with Crippen LogP contribution in [0, 0.1) is 0 Å². The van der Waals surface area contributed by atoms with Crippen LogP contribution in [0.2, 0.25) is 10.0 Å². The first-order chi connectivity index (χ1) is 10.0. The van der Waals surface area contributed by atoms with Crippen LogP contribution in [0.25, 0.3) is 0 Å². The molecule has 0 unspecified atom stereocenters. The van der Waals surface area contributed by atoms with Crippen LogP contribution in [0.3, 0.4) is 0 Å². The highest BCUT2D eigenvalue weighted by molar-refractivity contribution is 6.39. The maximum Gasteiger partial charge on any atom is 0.251 e. The lowest BCUT2D eigenvalue weighted by molar-refractivity contribution is 0.0916. The Hall–Kier alpha value is -1.75. The summed E-state index contributed by atoms with van der Waals surface area (Å²) < 4.78 is 0. The van der Waals surface area contributed by atoms with E-state index in [9.17, 15) is 9.90 Å². The molecule has 2 rings (SSSR count). The number of benzene rings is 2. The largest absolute Gasteiger partial charge is 0.396 e. The van der Waals surface area contributed by atoms with Crippen LogP contribution < -0.4 is 11.1 Å². The molecule has 0 fully saturated rings. The zero-order valence-electron chi connectivity index (χ0n) is 11.0. The summed E-state index contributed by atoms with van der Waals surface area (Å²) in [5.74, 6) is -0.387. The monoisotopic (exact) mass is 324 g/mol. The van der Waals surface area contributed by atoms with Crippen LogP contribution in [-0.2, 0) is 0 Å². The Labute approximate surface area is 132 Å². The molecule has 110 valence electrons. The number of nitrogens with two attached hydrogens (primary N) is 1. The second-order valence-electron chi connectivity index (χ2n) is 4.47. The zero-order chi connectivity index (χ0) is 15.4. The van der Waals surface area contributed by atoms with Gasteiger partial charge in [-0.15, -0.1) is 0 Å². The first kappa shape index (κ1) is 15.6. The molecule has 0 saturated heterocycles. The molecule has 4 N–H and O–H groups in total. The molecule has 0 aliphatic heterocycles. The highest BCUT2D eigenvalue weighted by Crippen LogP contribution is 2.29. The quantitative estimate of drug-likeness (QED) is 0.756. The van der Waals surface area contributed by atoms with Gasteiger partial charge in [-0.3, -0.25) is 4.79 Å². The second kappa shape index (κ2) is 6.80. The predicted octanol–water partition coefficient (Wildman–Crippen LogP) is 3.04. The first-order valence-electron chi connectivity index (χ1n) is 6.24. The lowest BCUT2D eigenvalue weighted by Crippen LogP contribution is -2.30. The summed E-state index contributed by atoms with van der Waals surface area (Å²) in [6.07, 6.45) is 0. The van der Waals surface area contributed by atoms with Crippen LogP contribution >= 0.6 is 23.2 Å². The van der Waals surface area contributed by atoms with E-state index < -0.39 is 6.04 Å². The van der Waals surface area contributed by atoms with Gasteiger partial charge in [0, 0.05) is 5.56 Å². The molecule has 1 atom stereocenters. The number of nitrogen functional groups attached to an aromatic ring is 1. The summed E-state index contributed by atoms with van der Waals surface area (Å²) in [6, 6.07) is 11.6. The van der Waals surface area contributed by atoms with Crippen molar-refractivity contribution in [2.75, 3.05) is 12.3 Å². The number of carbonyl (C=O) groups excluding carboxylic acids is 1. The molecule has 4 nitrogen and oxygen atoms in total. The third kappa shape index (κ3) is 3.67. The molecular formula is C15H14Cl2N2O2.